The highest BCUT2D eigenvalue weighted by Gasteiger charge is 2.42. The van der Waals surface area contributed by atoms with Gasteiger partial charge in [-0.1, -0.05) is 37.3 Å². The Bertz CT molecular complexity index is 933. The van der Waals surface area contributed by atoms with Crippen LogP contribution in [0.1, 0.15) is 63.8 Å². The van der Waals surface area contributed by atoms with E-state index in [4.69, 9.17) is 4.74 Å². The van der Waals surface area contributed by atoms with Crippen molar-refractivity contribution in [3.63, 3.8) is 0 Å². The number of nitrogens with one attached hydrogen (secondary N) is 1. The Hall–Kier alpha value is -2.46. The molecule has 2 heterocycles. The predicted molar refractivity (Wildman–Crippen MR) is 94.2 cm³/mol. The number of ketones is 2. The fourth-order valence-corrected chi connectivity index (χ4v) is 4.41. The highest BCUT2D eigenvalue weighted by Crippen LogP contribution is 2.46. The summed E-state index contributed by atoms with van der Waals surface area (Å²) in [6.45, 7) is 4.26. The van der Waals surface area contributed by atoms with Gasteiger partial charge in [0.15, 0.2) is 11.6 Å². The van der Waals surface area contributed by atoms with E-state index in [1.165, 1.54) is 0 Å². The third-order valence-electron chi connectivity index (χ3n) is 6.02. The number of carbonyl (C=O) groups excluding carboxylic acids is 2. The second kappa shape index (κ2) is 5.02. The number of fused-ring (bicyclic) bond motifs is 7. The van der Waals surface area contributed by atoms with Gasteiger partial charge >= 0.3 is 0 Å². The molecule has 126 valence electrons. The minimum Gasteiger partial charge on any atom is -0.381 e. The molecule has 2 aliphatic heterocycles. The molecular formula is C21H19NO3. The summed E-state index contributed by atoms with van der Waals surface area (Å²) in [7, 11) is 0. The molecule has 3 aliphatic rings. The van der Waals surface area contributed by atoms with E-state index in [1.54, 1.807) is 30.3 Å². The smallest absolute Gasteiger partial charge is 0.196 e. The molecule has 4 atom stereocenters. The van der Waals surface area contributed by atoms with Crippen LogP contribution < -0.4 is 5.32 Å². The van der Waals surface area contributed by atoms with E-state index < -0.39 is 0 Å². The summed E-state index contributed by atoms with van der Waals surface area (Å²) in [6, 6.07) is 11.1. The van der Waals surface area contributed by atoms with Gasteiger partial charge in [0.1, 0.15) is 0 Å². The molecule has 1 saturated heterocycles. The quantitative estimate of drug-likeness (QED) is 0.681. The molecule has 0 spiro atoms. The molecule has 2 aromatic carbocycles. The standard InChI is InChI=1S/C21H19NO3/c1-10-11(2)25-17-9-16(10)22-19-14(17)7-8-15-18(19)21(24)13-6-4-3-5-12(13)20(15)23/h3-8,10-11,16-17,22H,9H2,1-2H3. The van der Waals surface area contributed by atoms with Crippen LogP contribution in [0.2, 0.25) is 0 Å². The average Bonchev–Trinajstić information content (AvgIpc) is 2.63. The Morgan fingerprint density at radius 3 is 2.44 bits per heavy atom. The molecule has 1 aliphatic carbocycles. The van der Waals surface area contributed by atoms with Gasteiger partial charge in [0.2, 0.25) is 0 Å². The number of anilines is 1. The second-order valence-corrected chi connectivity index (χ2v) is 7.33. The molecule has 4 nitrogen and oxygen atoms in total. The first-order valence-corrected chi connectivity index (χ1v) is 8.83. The van der Waals surface area contributed by atoms with Crippen LogP contribution in [-0.4, -0.2) is 23.7 Å². The van der Waals surface area contributed by atoms with Crippen molar-refractivity contribution < 1.29 is 14.3 Å². The van der Waals surface area contributed by atoms with Crippen LogP contribution in [0, 0.1) is 5.92 Å². The molecule has 0 amide bonds. The Morgan fingerprint density at radius 2 is 1.68 bits per heavy atom. The minimum absolute atomic E-state index is 0.0159. The normalized spacial score (nSPS) is 29.4. The van der Waals surface area contributed by atoms with Crippen molar-refractivity contribution in [2.24, 2.45) is 5.92 Å². The van der Waals surface area contributed by atoms with E-state index in [2.05, 4.69) is 19.2 Å². The average molecular weight is 333 g/mol. The zero-order valence-electron chi connectivity index (χ0n) is 14.2. The molecule has 2 bridgehead atoms. The minimum atomic E-state index is -0.0760. The second-order valence-electron chi connectivity index (χ2n) is 7.33. The van der Waals surface area contributed by atoms with Crippen molar-refractivity contribution in [1.29, 1.82) is 0 Å². The van der Waals surface area contributed by atoms with Gasteiger partial charge in [-0.05, 0) is 19.4 Å². The maximum atomic E-state index is 13.2. The van der Waals surface area contributed by atoms with Crippen LogP contribution in [-0.2, 0) is 4.74 Å². The van der Waals surface area contributed by atoms with Crippen LogP contribution in [0.25, 0.3) is 0 Å². The fraction of sp³-hybridized carbons (Fsp3) is 0.333. The molecule has 4 unspecified atom stereocenters. The van der Waals surface area contributed by atoms with Gasteiger partial charge in [0.25, 0.3) is 0 Å². The molecule has 1 N–H and O–H groups in total. The van der Waals surface area contributed by atoms with E-state index in [0.717, 1.165) is 17.7 Å². The van der Waals surface area contributed by atoms with E-state index in [1.807, 2.05) is 6.07 Å². The van der Waals surface area contributed by atoms with Crippen LogP contribution in [0.3, 0.4) is 0 Å². The molecule has 0 radical (unpaired) electrons. The van der Waals surface area contributed by atoms with Gasteiger partial charge in [-0.15, -0.1) is 0 Å². The largest absolute Gasteiger partial charge is 0.381 e. The molecular weight excluding hydrogens is 314 g/mol. The Kier molecular flexibility index (Phi) is 2.98. The Balaban J connectivity index is 1.72. The zero-order valence-corrected chi connectivity index (χ0v) is 14.2. The number of hydrogen-bond donors (Lipinski definition) is 1. The Morgan fingerprint density at radius 1 is 0.960 bits per heavy atom. The summed E-state index contributed by atoms with van der Waals surface area (Å²) >= 11 is 0. The van der Waals surface area contributed by atoms with Crippen molar-refractivity contribution in [2.75, 3.05) is 5.32 Å². The highest BCUT2D eigenvalue weighted by atomic mass is 16.5. The van der Waals surface area contributed by atoms with Crippen molar-refractivity contribution in [3.05, 3.63) is 64.2 Å². The van der Waals surface area contributed by atoms with Gasteiger partial charge in [-0.2, -0.15) is 0 Å². The van der Waals surface area contributed by atoms with Crippen molar-refractivity contribution >= 4 is 17.3 Å². The molecule has 25 heavy (non-hydrogen) atoms. The van der Waals surface area contributed by atoms with Gasteiger partial charge in [0, 0.05) is 34.2 Å². The molecule has 5 rings (SSSR count). The number of rotatable bonds is 0. The first kappa shape index (κ1) is 14.8. The lowest BCUT2D eigenvalue weighted by molar-refractivity contribution is -0.0794. The molecule has 0 aromatic heterocycles. The third-order valence-corrected chi connectivity index (χ3v) is 6.02. The number of hydrogen-bond acceptors (Lipinski definition) is 4. The summed E-state index contributed by atoms with van der Waals surface area (Å²) < 4.78 is 6.18. The highest BCUT2D eigenvalue weighted by molar-refractivity contribution is 6.30. The van der Waals surface area contributed by atoms with Crippen molar-refractivity contribution in [2.45, 2.75) is 38.5 Å². The lowest BCUT2D eigenvalue weighted by atomic mass is 9.77. The fourth-order valence-electron chi connectivity index (χ4n) is 4.41. The van der Waals surface area contributed by atoms with Crippen LogP contribution in [0.15, 0.2) is 36.4 Å². The first-order valence-electron chi connectivity index (χ1n) is 8.83. The van der Waals surface area contributed by atoms with E-state index in [-0.39, 0.29) is 29.8 Å². The number of ether oxygens (including phenoxy) is 1. The summed E-state index contributed by atoms with van der Waals surface area (Å²) in [5.74, 6) is 0.199. The van der Waals surface area contributed by atoms with Crippen LogP contribution >= 0.6 is 0 Å². The van der Waals surface area contributed by atoms with Crippen LogP contribution in [0.5, 0.6) is 0 Å². The van der Waals surface area contributed by atoms with Gasteiger partial charge in [0.05, 0.1) is 23.5 Å². The summed E-state index contributed by atoms with van der Waals surface area (Å²) in [6.07, 6.45) is 1.05. The monoisotopic (exact) mass is 333 g/mol. The third kappa shape index (κ3) is 1.91. The summed E-state index contributed by atoms with van der Waals surface area (Å²) in [4.78, 5) is 26.0. The topological polar surface area (TPSA) is 55.4 Å². The summed E-state index contributed by atoms with van der Waals surface area (Å²) in [5.41, 5.74) is 3.79. The number of carbonyl (C=O) groups is 2. The van der Waals surface area contributed by atoms with Crippen LogP contribution in [0.4, 0.5) is 5.69 Å². The molecule has 0 saturated carbocycles. The number of benzene rings is 2. The lowest BCUT2D eigenvalue weighted by Gasteiger charge is -2.45. The molecule has 2 aromatic rings. The van der Waals surface area contributed by atoms with E-state index >= 15 is 0 Å². The van der Waals surface area contributed by atoms with Crippen molar-refractivity contribution in [3.8, 4) is 0 Å². The van der Waals surface area contributed by atoms with Gasteiger partial charge in [-0.3, -0.25) is 9.59 Å². The van der Waals surface area contributed by atoms with E-state index in [0.29, 0.717) is 28.2 Å². The zero-order chi connectivity index (χ0) is 17.3. The summed E-state index contributed by atoms with van der Waals surface area (Å²) in [5, 5.41) is 3.57. The van der Waals surface area contributed by atoms with Gasteiger partial charge in [-0.25, -0.2) is 0 Å². The van der Waals surface area contributed by atoms with Gasteiger partial charge < -0.3 is 10.1 Å². The lowest BCUT2D eigenvalue weighted by Crippen LogP contribution is -2.46. The SMILES string of the molecule is CC1OC2CC(Nc3c2ccc2c3C(=O)c3ccccc3C2=O)C1C. The first-order chi connectivity index (χ1) is 12.1. The molecule has 1 fully saturated rings. The Labute approximate surface area is 146 Å². The van der Waals surface area contributed by atoms with E-state index in [9.17, 15) is 9.59 Å². The maximum absolute atomic E-state index is 13.2. The predicted octanol–water partition coefficient (Wildman–Crippen LogP) is 3.74. The molecule has 4 heteroatoms. The maximum Gasteiger partial charge on any atom is 0.196 e. The van der Waals surface area contributed by atoms with Crippen molar-refractivity contribution in [1.82, 2.24) is 0 Å².